The fraction of sp³-hybridized carbons (Fsp3) is 0.500. The summed E-state index contributed by atoms with van der Waals surface area (Å²) in [6.45, 7) is 9.63. The van der Waals surface area contributed by atoms with Crippen molar-refractivity contribution in [1.29, 1.82) is 0 Å². The number of carbonyl (C=O) groups is 1. The minimum atomic E-state index is -0.0251. The number of amides is 1. The molecule has 6 heteroatoms. The second-order valence-corrected chi connectivity index (χ2v) is 6.74. The van der Waals surface area contributed by atoms with Crippen LogP contribution < -0.4 is 4.74 Å². The second kappa shape index (κ2) is 6.63. The molecule has 3 rings (SSSR count). The number of rotatable bonds is 4. The Balaban J connectivity index is 1.80. The first kappa shape index (κ1) is 16.5. The summed E-state index contributed by atoms with van der Waals surface area (Å²) < 4.78 is 7.35. The third-order valence-electron chi connectivity index (χ3n) is 4.26. The first-order valence-electron chi connectivity index (χ1n) is 8.44. The molecule has 0 radical (unpaired) electrons. The van der Waals surface area contributed by atoms with Gasteiger partial charge in [-0.25, -0.2) is 4.68 Å². The van der Waals surface area contributed by atoms with E-state index in [1.54, 1.807) is 4.68 Å². The van der Waals surface area contributed by atoms with Crippen LogP contribution in [0, 0.1) is 12.8 Å². The summed E-state index contributed by atoms with van der Waals surface area (Å²) in [4.78, 5) is 14.5. The van der Waals surface area contributed by atoms with E-state index in [1.165, 1.54) is 0 Å². The molecule has 1 amide bonds. The van der Waals surface area contributed by atoms with E-state index in [9.17, 15) is 4.79 Å². The van der Waals surface area contributed by atoms with E-state index in [2.05, 4.69) is 17.2 Å². The van der Waals surface area contributed by atoms with Gasteiger partial charge in [0.05, 0.1) is 17.5 Å². The largest absolute Gasteiger partial charge is 0.491 e. The Labute approximate surface area is 142 Å². The standard InChI is InChI=1S/C18H24N4O2/c1-12(2)24-16-7-5-15(6-8-16)22-14(4)17(19-20-22)18(23)21-10-9-13(3)11-21/h5-8,12-13H,9-11H2,1-4H3. The topological polar surface area (TPSA) is 60.2 Å². The number of aromatic nitrogens is 3. The van der Waals surface area contributed by atoms with Crippen LogP contribution in [0.2, 0.25) is 0 Å². The monoisotopic (exact) mass is 328 g/mol. The second-order valence-electron chi connectivity index (χ2n) is 6.74. The Hall–Kier alpha value is -2.37. The molecular formula is C18H24N4O2. The van der Waals surface area contributed by atoms with Gasteiger partial charge in [-0.3, -0.25) is 4.79 Å². The zero-order valence-corrected chi connectivity index (χ0v) is 14.7. The number of nitrogens with zero attached hydrogens (tertiary/aromatic N) is 4. The maximum Gasteiger partial charge on any atom is 0.276 e. The van der Waals surface area contributed by atoms with E-state index in [1.807, 2.05) is 49.9 Å². The fourth-order valence-corrected chi connectivity index (χ4v) is 2.98. The van der Waals surface area contributed by atoms with Gasteiger partial charge in [0, 0.05) is 13.1 Å². The lowest BCUT2D eigenvalue weighted by atomic mass is 10.2. The average Bonchev–Trinajstić information content (AvgIpc) is 3.13. The molecule has 1 saturated heterocycles. The molecular weight excluding hydrogens is 304 g/mol. The van der Waals surface area contributed by atoms with Gasteiger partial charge >= 0.3 is 0 Å². The zero-order valence-electron chi connectivity index (χ0n) is 14.7. The molecule has 1 fully saturated rings. The first-order valence-corrected chi connectivity index (χ1v) is 8.44. The predicted octanol–water partition coefficient (Wildman–Crippen LogP) is 2.84. The summed E-state index contributed by atoms with van der Waals surface area (Å²) in [6.07, 6.45) is 1.19. The Morgan fingerprint density at radius 1 is 1.29 bits per heavy atom. The molecule has 1 atom stereocenters. The summed E-state index contributed by atoms with van der Waals surface area (Å²) >= 11 is 0. The van der Waals surface area contributed by atoms with E-state index in [4.69, 9.17) is 4.74 Å². The normalized spacial score (nSPS) is 17.5. The van der Waals surface area contributed by atoms with Crippen LogP contribution >= 0.6 is 0 Å². The summed E-state index contributed by atoms with van der Waals surface area (Å²) in [5.74, 6) is 1.34. The van der Waals surface area contributed by atoms with Gasteiger partial charge in [-0.15, -0.1) is 5.10 Å². The van der Waals surface area contributed by atoms with E-state index < -0.39 is 0 Å². The van der Waals surface area contributed by atoms with Crippen LogP contribution in [0.4, 0.5) is 0 Å². The molecule has 1 aliphatic rings. The van der Waals surface area contributed by atoms with Gasteiger partial charge < -0.3 is 9.64 Å². The quantitative estimate of drug-likeness (QED) is 0.866. The van der Waals surface area contributed by atoms with E-state index in [0.29, 0.717) is 11.6 Å². The number of ether oxygens (including phenoxy) is 1. The lowest BCUT2D eigenvalue weighted by molar-refractivity contribution is 0.0781. The van der Waals surface area contributed by atoms with Crippen molar-refractivity contribution < 1.29 is 9.53 Å². The van der Waals surface area contributed by atoms with Gasteiger partial charge in [0.25, 0.3) is 5.91 Å². The molecule has 1 aromatic heterocycles. The first-order chi connectivity index (χ1) is 11.5. The van der Waals surface area contributed by atoms with Crippen LogP contribution in [0.5, 0.6) is 5.75 Å². The van der Waals surface area contributed by atoms with E-state index in [-0.39, 0.29) is 12.0 Å². The molecule has 0 N–H and O–H groups in total. The van der Waals surface area contributed by atoms with Gasteiger partial charge in [0.2, 0.25) is 0 Å². The molecule has 1 unspecified atom stereocenters. The van der Waals surface area contributed by atoms with Crippen LogP contribution in [0.3, 0.4) is 0 Å². The molecule has 2 aromatic rings. The van der Waals surface area contributed by atoms with Crippen LogP contribution in [0.1, 0.15) is 43.4 Å². The number of likely N-dealkylation sites (tertiary alicyclic amines) is 1. The number of hydrogen-bond acceptors (Lipinski definition) is 4. The molecule has 24 heavy (non-hydrogen) atoms. The van der Waals surface area contributed by atoms with Gasteiger partial charge in [-0.1, -0.05) is 12.1 Å². The maximum atomic E-state index is 12.6. The Kier molecular flexibility index (Phi) is 4.55. The highest BCUT2D eigenvalue weighted by Gasteiger charge is 2.28. The highest BCUT2D eigenvalue weighted by molar-refractivity contribution is 5.93. The predicted molar refractivity (Wildman–Crippen MR) is 91.5 cm³/mol. The van der Waals surface area contributed by atoms with Crippen molar-refractivity contribution in [3.8, 4) is 11.4 Å². The van der Waals surface area contributed by atoms with E-state index >= 15 is 0 Å². The van der Waals surface area contributed by atoms with Crippen molar-refractivity contribution in [3.63, 3.8) is 0 Å². The average molecular weight is 328 g/mol. The minimum Gasteiger partial charge on any atom is -0.491 e. The van der Waals surface area contributed by atoms with E-state index in [0.717, 1.165) is 36.6 Å². The Bertz CT molecular complexity index is 721. The van der Waals surface area contributed by atoms with Crippen molar-refractivity contribution in [3.05, 3.63) is 35.7 Å². The Morgan fingerprint density at radius 2 is 2.00 bits per heavy atom. The van der Waals surface area contributed by atoms with Gasteiger partial charge in [0.1, 0.15) is 5.75 Å². The van der Waals surface area contributed by atoms with Crippen molar-refractivity contribution in [2.45, 2.75) is 40.2 Å². The summed E-state index contributed by atoms with van der Waals surface area (Å²) in [7, 11) is 0. The number of carbonyl (C=O) groups excluding carboxylic acids is 1. The smallest absolute Gasteiger partial charge is 0.276 e. The third kappa shape index (κ3) is 3.27. The number of benzene rings is 1. The SMILES string of the molecule is Cc1c(C(=O)N2CCC(C)C2)nnn1-c1ccc(OC(C)C)cc1. The highest BCUT2D eigenvalue weighted by atomic mass is 16.5. The lowest BCUT2D eigenvalue weighted by Crippen LogP contribution is -2.29. The fourth-order valence-electron chi connectivity index (χ4n) is 2.98. The minimum absolute atomic E-state index is 0.0251. The van der Waals surface area contributed by atoms with Crippen LogP contribution in [-0.2, 0) is 0 Å². The third-order valence-corrected chi connectivity index (χ3v) is 4.26. The molecule has 0 aliphatic carbocycles. The molecule has 128 valence electrons. The van der Waals surface area contributed by atoms with Crippen molar-refractivity contribution >= 4 is 5.91 Å². The molecule has 0 spiro atoms. The highest BCUT2D eigenvalue weighted by Crippen LogP contribution is 2.21. The summed E-state index contributed by atoms with van der Waals surface area (Å²) in [6, 6.07) is 7.65. The van der Waals surface area contributed by atoms with Crippen LogP contribution in [-0.4, -0.2) is 45.0 Å². The van der Waals surface area contributed by atoms with Gasteiger partial charge in [-0.2, -0.15) is 0 Å². The van der Waals surface area contributed by atoms with Gasteiger partial charge in [-0.05, 0) is 57.4 Å². The van der Waals surface area contributed by atoms with Crippen LogP contribution in [0.25, 0.3) is 5.69 Å². The Morgan fingerprint density at radius 3 is 2.58 bits per heavy atom. The molecule has 1 aromatic carbocycles. The number of hydrogen-bond donors (Lipinski definition) is 0. The molecule has 6 nitrogen and oxygen atoms in total. The van der Waals surface area contributed by atoms with Crippen molar-refractivity contribution in [2.75, 3.05) is 13.1 Å². The molecule has 2 heterocycles. The lowest BCUT2D eigenvalue weighted by Gasteiger charge is -2.14. The van der Waals surface area contributed by atoms with Crippen molar-refractivity contribution in [1.82, 2.24) is 19.9 Å². The zero-order chi connectivity index (χ0) is 17.3. The molecule has 0 saturated carbocycles. The van der Waals surface area contributed by atoms with Gasteiger partial charge in [0.15, 0.2) is 5.69 Å². The molecule has 0 bridgehead atoms. The van der Waals surface area contributed by atoms with Crippen molar-refractivity contribution in [2.24, 2.45) is 5.92 Å². The summed E-state index contributed by atoms with van der Waals surface area (Å²) in [5, 5.41) is 8.29. The van der Waals surface area contributed by atoms with Crippen LogP contribution in [0.15, 0.2) is 24.3 Å². The molecule has 1 aliphatic heterocycles. The summed E-state index contributed by atoms with van der Waals surface area (Å²) in [5.41, 5.74) is 2.06. The maximum absolute atomic E-state index is 12.6.